The predicted octanol–water partition coefficient (Wildman–Crippen LogP) is 1.11. The van der Waals surface area contributed by atoms with Gasteiger partial charge in [-0.2, -0.15) is 0 Å². The van der Waals surface area contributed by atoms with Crippen LogP contribution in [0.1, 0.15) is 12.8 Å². The van der Waals surface area contributed by atoms with Gasteiger partial charge in [0.1, 0.15) is 5.82 Å². The zero-order chi connectivity index (χ0) is 12.3. The maximum Gasteiger partial charge on any atom is 0.152 e. The van der Waals surface area contributed by atoms with E-state index in [1.807, 2.05) is 12.1 Å². The third-order valence-electron chi connectivity index (χ3n) is 2.85. The zero-order valence-electron chi connectivity index (χ0n) is 9.81. The van der Waals surface area contributed by atoms with Crippen molar-refractivity contribution in [1.29, 1.82) is 0 Å². The first-order valence-electron chi connectivity index (χ1n) is 5.70. The molecule has 2 rings (SSSR count). The first-order valence-corrected chi connectivity index (χ1v) is 7.52. The summed E-state index contributed by atoms with van der Waals surface area (Å²) in [7, 11) is -1.06. The topological polar surface area (TPSA) is 71.1 Å². The summed E-state index contributed by atoms with van der Waals surface area (Å²) in [5.41, 5.74) is 0.909. The first kappa shape index (κ1) is 12.2. The molecule has 1 aromatic rings. The highest BCUT2D eigenvalue weighted by Crippen LogP contribution is 2.18. The van der Waals surface area contributed by atoms with Gasteiger partial charge < -0.3 is 10.6 Å². The maximum atomic E-state index is 11.5. The van der Waals surface area contributed by atoms with Gasteiger partial charge in [-0.25, -0.2) is 13.4 Å². The summed E-state index contributed by atoms with van der Waals surface area (Å²) in [6.07, 6.45) is 3.34. The molecule has 1 aliphatic heterocycles. The van der Waals surface area contributed by atoms with Crippen molar-refractivity contribution in [1.82, 2.24) is 4.98 Å². The normalized spacial score (nSPS) is 23.0. The molecule has 0 saturated carbocycles. The zero-order valence-corrected chi connectivity index (χ0v) is 10.6. The quantitative estimate of drug-likeness (QED) is 0.846. The van der Waals surface area contributed by atoms with E-state index in [1.54, 1.807) is 13.2 Å². The maximum absolute atomic E-state index is 11.5. The van der Waals surface area contributed by atoms with Crippen LogP contribution in [0, 0.1) is 0 Å². The molecule has 0 bridgehead atoms. The molecular weight excluding hydrogens is 238 g/mol. The van der Waals surface area contributed by atoms with Crippen molar-refractivity contribution in [2.24, 2.45) is 0 Å². The highest BCUT2D eigenvalue weighted by molar-refractivity contribution is 7.91. The van der Waals surface area contributed by atoms with Gasteiger partial charge in [-0.05, 0) is 18.9 Å². The minimum Gasteiger partial charge on any atom is -0.381 e. The molecule has 94 valence electrons. The fourth-order valence-corrected chi connectivity index (χ4v) is 3.67. The lowest BCUT2D eigenvalue weighted by Gasteiger charge is -2.24. The molecule has 1 fully saturated rings. The Morgan fingerprint density at radius 1 is 1.47 bits per heavy atom. The van der Waals surface area contributed by atoms with Crippen LogP contribution in [0.4, 0.5) is 11.5 Å². The van der Waals surface area contributed by atoms with Crippen molar-refractivity contribution in [3.05, 3.63) is 18.3 Å². The molecule has 0 amide bonds. The number of hydrogen-bond acceptors (Lipinski definition) is 5. The minimum absolute atomic E-state index is 0.0147. The second-order valence-electron chi connectivity index (χ2n) is 4.28. The molecule has 1 saturated heterocycles. The van der Waals surface area contributed by atoms with Crippen molar-refractivity contribution < 1.29 is 8.42 Å². The lowest BCUT2D eigenvalue weighted by Crippen LogP contribution is -2.34. The second-order valence-corrected chi connectivity index (χ2v) is 6.51. The Balaban J connectivity index is 2.05. The molecule has 0 aliphatic carbocycles. The van der Waals surface area contributed by atoms with E-state index < -0.39 is 9.84 Å². The van der Waals surface area contributed by atoms with E-state index in [1.165, 1.54) is 0 Å². The van der Waals surface area contributed by atoms with E-state index >= 15 is 0 Å². The molecule has 2 heterocycles. The highest BCUT2D eigenvalue weighted by atomic mass is 32.2. The summed E-state index contributed by atoms with van der Waals surface area (Å²) >= 11 is 0. The van der Waals surface area contributed by atoms with E-state index in [0.717, 1.165) is 24.3 Å². The Morgan fingerprint density at radius 2 is 2.29 bits per heavy atom. The highest BCUT2D eigenvalue weighted by Gasteiger charge is 2.24. The molecule has 0 aromatic carbocycles. The fraction of sp³-hybridized carbons (Fsp3) is 0.545. The molecular formula is C11H17N3O2S. The van der Waals surface area contributed by atoms with Crippen LogP contribution >= 0.6 is 0 Å². The molecule has 1 aromatic heterocycles. The Bertz CT molecular complexity index is 487. The van der Waals surface area contributed by atoms with Crippen molar-refractivity contribution in [3.8, 4) is 0 Å². The molecule has 1 atom stereocenters. The molecule has 17 heavy (non-hydrogen) atoms. The third kappa shape index (κ3) is 3.33. The van der Waals surface area contributed by atoms with Crippen molar-refractivity contribution in [3.63, 3.8) is 0 Å². The van der Waals surface area contributed by atoms with Crippen molar-refractivity contribution in [2.45, 2.75) is 18.9 Å². The SMILES string of the molecule is CNc1cc(NC2CCCS(=O)(=O)C2)ccn1. The van der Waals surface area contributed by atoms with Gasteiger partial charge in [-0.1, -0.05) is 0 Å². The number of nitrogens with zero attached hydrogens (tertiary/aromatic N) is 1. The number of rotatable bonds is 3. The average Bonchev–Trinajstić information content (AvgIpc) is 2.28. The van der Waals surface area contributed by atoms with Crippen LogP contribution < -0.4 is 10.6 Å². The number of aromatic nitrogens is 1. The third-order valence-corrected chi connectivity index (χ3v) is 4.67. The summed E-state index contributed by atoms with van der Waals surface area (Å²) in [6, 6.07) is 3.74. The van der Waals surface area contributed by atoms with Crippen LogP contribution in [0.2, 0.25) is 0 Å². The minimum atomic E-state index is -2.86. The van der Waals surface area contributed by atoms with Crippen LogP contribution in [0.15, 0.2) is 18.3 Å². The molecule has 2 N–H and O–H groups in total. The number of nitrogens with one attached hydrogen (secondary N) is 2. The second kappa shape index (κ2) is 4.91. The van der Waals surface area contributed by atoms with Crippen LogP contribution in [0.25, 0.3) is 0 Å². The first-order chi connectivity index (χ1) is 8.09. The summed E-state index contributed by atoms with van der Waals surface area (Å²) in [5.74, 6) is 1.32. The Kier molecular flexibility index (Phi) is 3.51. The molecule has 0 radical (unpaired) electrons. The van der Waals surface area contributed by atoms with E-state index in [-0.39, 0.29) is 11.8 Å². The summed E-state index contributed by atoms with van der Waals surface area (Å²) in [4.78, 5) is 4.11. The number of hydrogen-bond donors (Lipinski definition) is 2. The van der Waals surface area contributed by atoms with E-state index in [0.29, 0.717) is 5.75 Å². The number of anilines is 2. The number of pyridine rings is 1. The Labute approximate surface area is 102 Å². The Morgan fingerprint density at radius 3 is 3.00 bits per heavy atom. The van der Waals surface area contributed by atoms with Crippen LogP contribution in [-0.2, 0) is 9.84 Å². The molecule has 1 unspecified atom stereocenters. The number of sulfone groups is 1. The van der Waals surface area contributed by atoms with Crippen LogP contribution in [0.5, 0.6) is 0 Å². The van der Waals surface area contributed by atoms with Gasteiger partial charge >= 0.3 is 0 Å². The summed E-state index contributed by atoms with van der Waals surface area (Å²) < 4.78 is 23.0. The average molecular weight is 255 g/mol. The molecule has 1 aliphatic rings. The van der Waals surface area contributed by atoms with E-state index in [9.17, 15) is 8.42 Å². The molecule has 5 nitrogen and oxygen atoms in total. The van der Waals surface area contributed by atoms with Crippen molar-refractivity contribution in [2.75, 3.05) is 29.2 Å². The summed E-state index contributed by atoms with van der Waals surface area (Å²) in [5, 5.41) is 6.20. The lowest BCUT2D eigenvalue weighted by molar-refractivity contribution is 0.562. The van der Waals surface area contributed by atoms with Gasteiger partial charge in [0, 0.05) is 31.0 Å². The Hall–Kier alpha value is -1.30. The van der Waals surface area contributed by atoms with Crippen LogP contribution in [-0.4, -0.2) is 38.0 Å². The van der Waals surface area contributed by atoms with Gasteiger partial charge in [0.05, 0.1) is 11.5 Å². The monoisotopic (exact) mass is 255 g/mol. The van der Waals surface area contributed by atoms with E-state index in [4.69, 9.17) is 0 Å². The van der Waals surface area contributed by atoms with E-state index in [2.05, 4.69) is 15.6 Å². The fourth-order valence-electron chi connectivity index (χ4n) is 2.03. The lowest BCUT2D eigenvalue weighted by atomic mass is 10.2. The van der Waals surface area contributed by atoms with Crippen LogP contribution in [0.3, 0.4) is 0 Å². The van der Waals surface area contributed by atoms with Gasteiger partial charge in [0.25, 0.3) is 0 Å². The molecule has 6 heteroatoms. The van der Waals surface area contributed by atoms with Gasteiger partial charge in [0.2, 0.25) is 0 Å². The smallest absolute Gasteiger partial charge is 0.152 e. The van der Waals surface area contributed by atoms with Gasteiger partial charge in [-0.3, -0.25) is 0 Å². The largest absolute Gasteiger partial charge is 0.381 e. The predicted molar refractivity (Wildman–Crippen MR) is 69.1 cm³/mol. The van der Waals surface area contributed by atoms with Gasteiger partial charge in [0.15, 0.2) is 9.84 Å². The van der Waals surface area contributed by atoms with Crippen molar-refractivity contribution >= 4 is 21.3 Å². The summed E-state index contributed by atoms with van der Waals surface area (Å²) in [6.45, 7) is 0. The molecule has 0 spiro atoms. The van der Waals surface area contributed by atoms with Gasteiger partial charge in [-0.15, -0.1) is 0 Å². The standard InChI is InChI=1S/C11H17N3O2S/c1-12-11-7-9(4-5-13-11)14-10-3-2-6-17(15,16)8-10/h4-5,7,10H,2-3,6,8H2,1H3,(H2,12,13,14).